The summed E-state index contributed by atoms with van der Waals surface area (Å²) in [6.45, 7) is 3.92. The van der Waals surface area contributed by atoms with Gasteiger partial charge in [0.25, 0.3) is 0 Å². The van der Waals surface area contributed by atoms with Crippen molar-refractivity contribution in [1.82, 2.24) is 4.90 Å². The van der Waals surface area contributed by atoms with Crippen LogP contribution >= 0.6 is 0 Å². The van der Waals surface area contributed by atoms with Crippen molar-refractivity contribution in [3.8, 4) is 0 Å². The molecule has 0 aliphatic carbocycles. The molecule has 1 fully saturated rings. The highest BCUT2D eigenvalue weighted by Gasteiger charge is 2.27. The van der Waals surface area contributed by atoms with Gasteiger partial charge in [-0.1, -0.05) is 12.1 Å². The summed E-state index contributed by atoms with van der Waals surface area (Å²) >= 11 is 0. The van der Waals surface area contributed by atoms with Crippen molar-refractivity contribution in [3.63, 3.8) is 0 Å². The topological polar surface area (TPSA) is 72.3 Å². The lowest BCUT2D eigenvalue weighted by atomic mass is 9.95. The smallest absolute Gasteiger partial charge is 0.221 e. The molecule has 1 aliphatic heterocycles. The molecule has 4 N–H and O–H groups in total. The van der Waals surface area contributed by atoms with Crippen LogP contribution in [0.25, 0.3) is 0 Å². The number of nitrogens with zero attached hydrogens (tertiary/aromatic N) is 1. The number of carbonyl (C=O) groups is 1. The van der Waals surface area contributed by atoms with Crippen LogP contribution < -0.4 is 11.5 Å². The SMILES string of the molecule is CC(c1cccc(N)c1)N1CCCC(C(N)=O)C1. The summed E-state index contributed by atoms with van der Waals surface area (Å²) in [5, 5.41) is 0. The molecule has 4 heteroatoms. The number of hydrogen-bond acceptors (Lipinski definition) is 3. The van der Waals surface area contributed by atoms with E-state index < -0.39 is 0 Å². The molecule has 1 aromatic rings. The third-order valence-corrected chi connectivity index (χ3v) is 3.80. The Kier molecular flexibility index (Phi) is 3.87. The Balaban J connectivity index is 2.09. The van der Waals surface area contributed by atoms with Gasteiger partial charge in [-0.2, -0.15) is 0 Å². The first-order valence-electron chi connectivity index (χ1n) is 6.46. The third kappa shape index (κ3) is 2.82. The van der Waals surface area contributed by atoms with E-state index in [4.69, 9.17) is 11.5 Å². The third-order valence-electron chi connectivity index (χ3n) is 3.80. The standard InChI is InChI=1S/C14H21N3O/c1-10(11-4-2-6-13(15)8-11)17-7-3-5-12(9-17)14(16)18/h2,4,6,8,10,12H,3,5,7,9,15H2,1H3,(H2,16,18). The van der Waals surface area contributed by atoms with Crippen molar-refractivity contribution in [2.75, 3.05) is 18.8 Å². The van der Waals surface area contributed by atoms with Gasteiger partial charge in [-0.25, -0.2) is 0 Å². The largest absolute Gasteiger partial charge is 0.399 e. The van der Waals surface area contributed by atoms with Gasteiger partial charge in [0.2, 0.25) is 5.91 Å². The number of hydrogen-bond donors (Lipinski definition) is 2. The predicted molar refractivity (Wildman–Crippen MR) is 72.8 cm³/mol. The fourth-order valence-electron chi connectivity index (χ4n) is 2.62. The Morgan fingerprint density at radius 2 is 2.28 bits per heavy atom. The van der Waals surface area contributed by atoms with E-state index in [9.17, 15) is 4.79 Å². The maximum atomic E-state index is 11.3. The predicted octanol–water partition coefficient (Wildman–Crippen LogP) is 1.53. The average molecular weight is 247 g/mol. The summed E-state index contributed by atoms with van der Waals surface area (Å²) in [6.07, 6.45) is 1.94. The molecule has 0 radical (unpaired) electrons. The van der Waals surface area contributed by atoms with Crippen molar-refractivity contribution >= 4 is 11.6 Å². The zero-order valence-corrected chi connectivity index (χ0v) is 10.8. The molecule has 98 valence electrons. The number of piperidine rings is 1. The molecule has 2 unspecified atom stereocenters. The minimum Gasteiger partial charge on any atom is -0.399 e. The second kappa shape index (κ2) is 5.40. The van der Waals surface area contributed by atoms with E-state index in [1.54, 1.807) is 0 Å². The summed E-state index contributed by atoms with van der Waals surface area (Å²) in [4.78, 5) is 13.6. The van der Waals surface area contributed by atoms with Crippen LogP contribution in [0.1, 0.15) is 31.4 Å². The lowest BCUT2D eigenvalue weighted by molar-refractivity contribution is -0.123. The Labute approximate surface area is 108 Å². The van der Waals surface area contributed by atoms with E-state index >= 15 is 0 Å². The number of nitrogen functional groups attached to an aromatic ring is 1. The average Bonchev–Trinajstić information content (AvgIpc) is 2.38. The first-order chi connectivity index (χ1) is 8.58. The Hall–Kier alpha value is -1.55. The van der Waals surface area contributed by atoms with E-state index in [1.807, 2.05) is 18.2 Å². The van der Waals surface area contributed by atoms with E-state index in [1.165, 1.54) is 5.56 Å². The fraction of sp³-hybridized carbons (Fsp3) is 0.500. The van der Waals surface area contributed by atoms with Crippen LogP contribution in [0, 0.1) is 5.92 Å². The zero-order valence-electron chi connectivity index (χ0n) is 10.8. The van der Waals surface area contributed by atoms with E-state index in [2.05, 4.69) is 17.9 Å². The lowest BCUT2D eigenvalue weighted by Gasteiger charge is -2.36. The number of anilines is 1. The number of nitrogens with two attached hydrogens (primary N) is 2. The molecule has 0 spiro atoms. The lowest BCUT2D eigenvalue weighted by Crippen LogP contribution is -2.42. The van der Waals surface area contributed by atoms with Gasteiger partial charge in [0.15, 0.2) is 0 Å². The van der Waals surface area contributed by atoms with Crippen molar-refractivity contribution in [1.29, 1.82) is 0 Å². The fourth-order valence-corrected chi connectivity index (χ4v) is 2.62. The molecule has 1 aliphatic rings. The van der Waals surface area contributed by atoms with Gasteiger partial charge in [0, 0.05) is 18.3 Å². The molecule has 1 heterocycles. The minimum atomic E-state index is -0.181. The summed E-state index contributed by atoms with van der Waals surface area (Å²) < 4.78 is 0. The van der Waals surface area contributed by atoms with Crippen LogP contribution in [0.2, 0.25) is 0 Å². The molecule has 2 rings (SSSR count). The molecule has 0 bridgehead atoms. The monoisotopic (exact) mass is 247 g/mol. The number of amides is 1. The number of likely N-dealkylation sites (tertiary alicyclic amines) is 1. The van der Waals surface area contributed by atoms with Gasteiger partial charge >= 0.3 is 0 Å². The highest BCUT2D eigenvalue weighted by Crippen LogP contribution is 2.27. The first-order valence-corrected chi connectivity index (χ1v) is 6.46. The van der Waals surface area contributed by atoms with Crippen LogP contribution in [0.3, 0.4) is 0 Å². The van der Waals surface area contributed by atoms with Gasteiger partial charge in [-0.3, -0.25) is 9.69 Å². The zero-order chi connectivity index (χ0) is 13.1. The van der Waals surface area contributed by atoms with Crippen LogP contribution in [-0.2, 0) is 4.79 Å². The summed E-state index contributed by atoms with van der Waals surface area (Å²) in [6, 6.07) is 8.21. The van der Waals surface area contributed by atoms with Crippen LogP contribution in [0.4, 0.5) is 5.69 Å². The highest BCUT2D eigenvalue weighted by molar-refractivity contribution is 5.76. The maximum absolute atomic E-state index is 11.3. The van der Waals surface area contributed by atoms with Gasteiger partial charge < -0.3 is 11.5 Å². The van der Waals surface area contributed by atoms with Gasteiger partial charge in [-0.15, -0.1) is 0 Å². The minimum absolute atomic E-state index is 0.0118. The molecular formula is C14H21N3O. The highest BCUT2D eigenvalue weighted by atomic mass is 16.1. The number of carbonyl (C=O) groups excluding carboxylic acids is 1. The molecular weight excluding hydrogens is 226 g/mol. The van der Waals surface area contributed by atoms with Crippen LogP contribution in [0.5, 0.6) is 0 Å². The summed E-state index contributed by atoms with van der Waals surface area (Å²) in [7, 11) is 0. The second-order valence-electron chi connectivity index (χ2n) is 5.08. The molecule has 4 nitrogen and oxygen atoms in total. The van der Waals surface area contributed by atoms with Crippen molar-refractivity contribution in [3.05, 3.63) is 29.8 Å². The van der Waals surface area contributed by atoms with Crippen LogP contribution in [-0.4, -0.2) is 23.9 Å². The van der Waals surface area contributed by atoms with Crippen LogP contribution in [0.15, 0.2) is 24.3 Å². The Morgan fingerprint density at radius 3 is 2.94 bits per heavy atom. The first kappa shape index (κ1) is 12.9. The van der Waals surface area contributed by atoms with Gasteiger partial charge in [0.1, 0.15) is 0 Å². The van der Waals surface area contributed by atoms with E-state index in [0.29, 0.717) is 0 Å². The Morgan fingerprint density at radius 1 is 1.50 bits per heavy atom. The maximum Gasteiger partial charge on any atom is 0.221 e. The van der Waals surface area contributed by atoms with E-state index in [-0.39, 0.29) is 17.9 Å². The van der Waals surface area contributed by atoms with Gasteiger partial charge in [-0.05, 0) is 44.0 Å². The van der Waals surface area contributed by atoms with E-state index in [0.717, 1.165) is 31.6 Å². The normalized spacial score (nSPS) is 22.6. The van der Waals surface area contributed by atoms with Crippen molar-refractivity contribution in [2.24, 2.45) is 11.7 Å². The molecule has 18 heavy (non-hydrogen) atoms. The second-order valence-corrected chi connectivity index (χ2v) is 5.08. The molecule has 0 saturated carbocycles. The Bertz CT molecular complexity index is 433. The molecule has 2 atom stereocenters. The van der Waals surface area contributed by atoms with Crippen molar-refractivity contribution in [2.45, 2.75) is 25.8 Å². The molecule has 1 saturated heterocycles. The number of primary amides is 1. The quantitative estimate of drug-likeness (QED) is 0.796. The molecule has 1 aromatic carbocycles. The van der Waals surface area contributed by atoms with Crippen molar-refractivity contribution < 1.29 is 4.79 Å². The summed E-state index contributed by atoms with van der Waals surface area (Å²) in [5.74, 6) is -0.193. The number of benzene rings is 1. The molecule has 1 amide bonds. The van der Waals surface area contributed by atoms with Gasteiger partial charge in [0.05, 0.1) is 5.92 Å². The number of rotatable bonds is 3. The molecule has 0 aromatic heterocycles. The summed E-state index contributed by atoms with van der Waals surface area (Å²) in [5.41, 5.74) is 13.2.